The fraction of sp³-hybridized carbons (Fsp3) is 0.367. The number of rotatable bonds is 8. The number of carbonyl (C=O) groups excluding carboxylic acids is 1. The lowest BCUT2D eigenvalue weighted by atomic mass is 9.99. The maximum atomic E-state index is 12.9. The maximum Gasteiger partial charge on any atom is 0.338 e. The smallest absolute Gasteiger partial charge is 0.338 e. The summed E-state index contributed by atoms with van der Waals surface area (Å²) in [6, 6.07) is 28.8. The Morgan fingerprint density at radius 3 is 1.82 bits per heavy atom. The lowest BCUT2D eigenvalue weighted by Crippen LogP contribution is -2.68. The molecule has 0 unspecified atom stereocenters. The van der Waals surface area contributed by atoms with Crippen LogP contribution in [0.3, 0.4) is 0 Å². The Bertz CT molecular complexity index is 1130. The Kier molecular flexibility index (Phi) is 8.82. The van der Waals surface area contributed by atoms with Gasteiger partial charge in [0.2, 0.25) is 0 Å². The highest BCUT2D eigenvalue weighted by Gasteiger charge is 2.53. The average molecular weight is 537 g/mol. The number of aliphatic hydroxyl groups excluding tert-OH is 2. The van der Waals surface area contributed by atoms with E-state index in [1.54, 1.807) is 30.3 Å². The quantitative estimate of drug-likeness (QED) is 0.338. The van der Waals surface area contributed by atoms with Crippen molar-refractivity contribution in [2.45, 2.75) is 56.5 Å². The van der Waals surface area contributed by atoms with E-state index in [9.17, 15) is 15.0 Å². The van der Waals surface area contributed by atoms with Gasteiger partial charge in [-0.3, -0.25) is 0 Å². The molecule has 1 aliphatic heterocycles. The molecule has 0 saturated carbocycles. The molecule has 0 bridgehead atoms. The van der Waals surface area contributed by atoms with Crippen molar-refractivity contribution in [2.75, 3.05) is 13.7 Å². The van der Waals surface area contributed by atoms with E-state index < -0.39 is 45.0 Å². The molecular weight excluding hydrogens is 500 g/mol. The Morgan fingerprint density at radius 1 is 0.842 bits per heavy atom. The molecule has 7 nitrogen and oxygen atoms in total. The van der Waals surface area contributed by atoms with Crippen LogP contribution in [0.15, 0.2) is 91.0 Å². The van der Waals surface area contributed by atoms with Crippen molar-refractivity contribution in [3.05, 3.63) is 96.6 Å². The van der Waals surface area contributed by atoms with Crippen molar-refractivity contribution in [1.82, 2.24) is 0 Å². The van der Waals surface area contributed by atoms with Gasteiger partial charge in [0.15, 0.2) is 12.4 Å². The molecule has 4 rings (SSSR count). The van der Waals surface area contributed by atoms with E-state index in [0.29, 0.717) is 5.56 Å². The molecule has 38 heavy (non-hydrogen) atoms. The lowest BCUT2D eigenvalue weighted by molar-refractivity contribution is -0.292. The summed E-state index contributed by atoms with van der Waals surface area (Å²) in [7, 11) is -1.56. The van der Waals surface area contributed by atoms with Gasteiger partial charge >= 0.3 is 5.97 Å². The molecule has 1 fully saturated rings. The Morgan fingerprint density at radius 2 is 1.34 bits per heavy atom. The summed E-state index contributed by atoms with van der Waals surface area (Å²) in [6.45, 7) is 6.48. The van der Waals surface area contributed by atoms with Crippen LogP contribution in [0.2, 0.25) is 5.04 Å². The molecule has 8 heteroatoms. The summed E-state index contributed by atoms with van der Waals surface area (Å²) in [5, 5.41) is 23.5. The molecular formula is C30H36O7Si. The van der Waals surface area contributed by atoms with Crippen LogP contribution in [-0.4, -0.2) is 68.9 Å². The van der Waals surface area contributed by atoms with Crippen LogP contribution in [0, 0.1) is 0 Å². The van der Waals surface area contributed by atoms with E-state index in [1.807, 2.05) is 36.4 Å². The van der Waals surface area contributed by atoms with Gasteiger partial charge in [-0.1, -0.05) is 99.6 Å². The van der Waals surface area contributed by atoms with Crippen LogP contribution in [0.25, 0.3) is 0 Å². The minimum atomic E-state index is -2.94. The molecule has 2 N–H and O–H groups in total. The van der Waals surface area contributed by atoms with Crippen molar-refractivity contribution in [1.29, 1.82) is 0 Å². The average Bonchev–Trinajstić information content (AvgIpc) is 2.93. The van der Waals surface area contributed by atoms with Gasteiger partial charge in [-0.2, -0.15) is 0 Å². The largest absolute Gasteiger partial charge is 0.453 e. The van der Waals surface area contributed by atoms with Crippen molar-refractivity contribution < 1.29 is 33.6 Å². The highest BCUT2D eigenvalue weighted by atomic mass is 28.4. The summed E-state index contributed by atoms with van der Waals surface area (Å²) in [5.74, 6) is -0.628. The topological polar surface area (TPSA) is 94.5 Å². The Labute approximate surface area is 225 Å². The van der Waals surface area contributed by atoms with E-state index in [1.165, 1.54) is 7.11 Å². The highest BCUT2D eigenvalue weighted by Crippen LogP contribution is 2.37. The first-order valence-electron chi connectivity index (χ1n) is 12.7. The summed E-state index contributed by atoms with van der Waals surface area (Å²) in [6.07, 6.45) is -6.02. The van der Waals surface area contributed by atoms with Crippen LogP contribution in [0.4, 0.5) is 0 Å². The second-order valence-electron chi connectivity index (χ2n) is 10.5. The molecule has 202 valence electrons. The fourth-order valence-corrected chi connectivity index (χ4v) is 9.68. The Balaban J connectivity index is 1.71. The lowest BCUT2D eigenvalue weighted by Gasteiger charge is -2.46. The van der Waals surface area contributed by atoms with Crippen LogP contribution >= 0.6 is 0 Å². The number of carbonyl (C=O) groups is 1. The van der Waals surface area contributed by atoms with Gasteiger partial charge in [0.05, 0.1) is 12.2 Å². The molecule has 3 aromatic carbocycles. The number of benzene rings is 3. The van der Waals surface area contributed by atoms with Gasteiger partial charge in [0.25, 0.3) is 8.32 Å². The van der Waals surface area contributed by atoms with Gasteiger partial charge in [-0.15, -0.1) is 0 Å². The molecule has 5 atom stereocenters. The van der Waals surface area contributed by atoms with Crippen LogP contribution in [-0.2, 0) is 18.6 Å². The minimum absolute atomic E-state index is 0.00363. The first-order valence-corrected chi connectivity index (χ1v) is 14.7. The molecule has 0 radical (unpaired) electrons. The molecule has 1 heterocycles. The molecule has 0 aromatic heterocycles. The first kappa shape index (κ1) is 28.2. The molecule has 0 spiro atoms. The summed E-state index contributed by atoms with van der Waals surface area (Å²) in [5.41, 5.74) is 0.328. The molecule has 1 aliphatic rings. The predicted molar refractivity (Wildman–Crippen MR) is 147 cm³/mol. The van der Waals surface area contributed by atoms with Crippen molar-refractivity contribution in [2.24, 2.45) is 0 Å². The number of hydrogen-bond donors (Lipinski definition) is 2. The normalized spacial score (nSPS) is 24.1. The standard InChI is InChI=1S/C30H36O7Si/c1-30(2,3)38(22-16-10-6-11-17-22,23-18-12-7-13-19-23)35-20-24-27(25(31)26(32)29(34-4)36-24)37-28(33)21-14-8-5-9-15-21/h5-19,24-27,29,31-32H,20H2,1-4H3/t24-,25-,26-,27-,29-/m1/s1. The second kappa shape index (κ2) is 11.9. The van der Waals surface area contributed by atoms with E-state index >= 15 is 0 Å². The number of esters is 1. The van der Waals surface area contributed by atoms with E-state index in [0.717, 1.165) is 10.4 Å². The van der Waals surface area contributed by atoms with Crippen molar-refractivity contribution >= 4 is 24.7 Å². The zero-order valence-electron chi connectivity index (χ0n) is 22.2. The van der Waals surface area contributed by atoms with Gasteiger partial charge in [0, 0.05) is 7.11 Å². The molecule has 3 aromatic rings. The monoisotopic (exact) mass is 536 g/mol. The number of methoxy groups -OCH3 is 1. The number of hydrogen-bond acceptors (Lipinski definition) is 7. The first-order chi connectivity index (χ1) is 18.2. The molecule has 0 amide bonds. The third kappa shape index (κ3) is 5.61. The van der Waals surface area contributed by atoms with Gasteiger partial charge < -0.3 is 28.8 Å². The van der Waals surface area contributed by atoms with Gasteiger partial charge in [-0.05, 0) is 27.5 Å². The van der Waals surface area contributed by atoms with E-state index in [-0.39, 0.29) is 11.6 Å². The Hall–Kier alpha value is -2.85. The summed E-state index contributed by atoms with van der Waals surface area (Å²) < 4.78 is 24.0. The minimum Gasteiger partial charge on any atom is -0.453 e. The van der Waals surface area contributed by atoms with Crippen molar-refractivity contribution in [3.63, 3.8) is 0 Å². The number of aliphatic hydroxyl groups is 2. The third-order valence-electron chi connectivity index (χ3n) is 7.01. The van der Waals surface area contributed by atoms with Crippen LogP contribution < -0.4 is 10.4 Å². The summed E-state index contributed by atoms with van der Waals surface area (Å²) >= 11 is 0. The highest BCUT2D eigenvalue weighted by molar-refractivity contribution is 6.99. The van der Waals surface area contributed by atoms with Crippen LogP contribution in [0.5, 0.6) is 0 Å². The molecule has 0 aliphatic carbocycles. The SMILES string of the molecule is CO[C@@H]1O[C@H](CO[Si](c2ccccc2)(c2ccccc2)C(C)(C)C)[C@@H](OC(=O)c2ccccc2)[C@H](O)[C@H]1O. The van der Waals surface area contributed by atoms with Gasteiger partial charge in [0.1, 0.15) is 18.3 Å². The third-order valence-corrected chi connectivity index (χ3v) is 12.0. The molecule has 1 saturated heterocycles. The summed E-state index contributed by atoms with van der Waals surface area (Å²) in [4.78, 5) is 12.9. The zero-order chi connectivity index (χ0) is 27.3. The van der Waals surface area contributed by atoms with E-state index in [4.69, 9.17) is 18.6 Å². The number of ether oxygens (including phenoxy) is 3. The zero-order valence-corrected chi connectivity index (χ0v) is 23.2. The van der Waals surface area contributed by atoms with E-state index in [2.05, 4.69) is 45.0 Å². The fourth-order valence-electron chi connectivity index (χ4n) is 5.11. The second-order valence-corrected chi connectivity index (χ2v) is 14.8. The predicted octanol–water partition coefficient (Wildman–Crippen LogP) is 2.88. The maximum absolute atomic E-state index is 12.9. The van der Waals surface area contributed by atoms with Crippen molar-refractivity contribution in [3.8, 4) is 0 Å². The van der Waals surface area contributed by atoms with Gasteiger partial charge in [-0.25, -0.2) is 4.79 Å². The van der Waals surface area contributed by atoms with Crippen LogP contribution in [0.1, 0.15) is 31.1 Å².